The molecule has 0 heterocycles. The van der Waals surface area contributed by atoms with Crippen LogP contribution in [0.2, 0.25) is 0 Å². The molecular weight excluding hydrogens is 210 g/mol. The molecule has 0 saturated carbocycles. The Balaban J connectivity index is 2.82. The Morgan fingerprint density at radius 1 is 1.31 bits per heavy atom. The van der Waals surface area contributed by atoms with E-state index >= 15 is 0 Å². The van der Waals surface area contributed by atoms with E-state index in [0.29, 0.717) is 5.92 Å². The first-order valence-electron chi connectivity index (χ1n) is 5.61. The number of rotatable bonds is 5. The molecule has 0 aliphatic rings. The van der Waals surface area contributed by atoms with E-state index < -0.39 is 12.0 Å². The van der Waals surface area contributed by atoms with Gasteiger partial charge in [-0.1, -0.05) is 19.9 Å². The van der Waals surface area contributed by atoms with Crippen molar-refractivity contribution in [1.82, 2.24) is 0 Å². The van der Waals surface area contributed by atoms with Crippen molar-refractivity contribution in [3.8, 4) is 5.75 Å². The number of ether oxygens (including phenoxy) is 1. The minimum Gasteiger partial charge on any atom is -0.487 e. The zero-order chi connectivity index (χ0) is 12.1. The van der Waals surface area contributed by atoms with Gasteiger partial charge in [-0.05, 0) is 37.0 Å². The second kappa shape index (κ2) is 5.83. The summed E-state index contributed by atoms with van der Waals surface area (Å²) in [7, 11) is 0. The third-order valence-electron chi connectivity index (χ3n) is 2.61. The van der Waals surface area contributed by atoms with Crippen LogP contribution in [0.4, 0.5) is 8.78 Å². The molecule has 1 aromatic carbocycles. The second-order valence-electron chi connectivity index (χ2n) is 4.09. The van der Waals surface area contributed by atoms with Crippen LogP contribution in [0, 0.1) is 5.82 Å². The number of hydrogen-bond donors (Lipinski definition) is 0. The third kappa shape index (κ3) is 3.47. The molecule has 1 nitrogen and oxygen atoms in total. The molecule has 0 bridgehead atoms. The van der Waals surface area contributed by atoms with Crippen LogP contribution in [0.5, 0.6) is 5.75 Å². The highest BCUT2D eigenvalue weighted by atomic mass is 19.1. The van der Waals surface area contributed by atoms with Crippen molar-refractivity contribution in [2.75, 3.05) is 6.61 Å². The summed E-state index contributed by atoms with van der Waals surface area (Å²) < 4.78 is 31.0. The summed E-state index contributed by atoms with van der Waals surface area (Å²) in [6.07, 6.45) is -0.114. The highest BCUT2D eigenvalue weighted by Gasteiger charge is 2.10. The first-order chi connectivity index (χ1) is 7.54. The van der Waals surface area contributed by atoms with Crippen molar-refractivity contribution in [2.24, 2.45) is 0 Å². The summed E-state index contributed by atoms with van der Waals surface area (Å²) in [4.78, 5) is 0. The summed E-state index contributed by atoms with van der Waals surface area (Å²) in [5.74, 6) is 0.0563. The van der Waals surface area contributed by atoms with Crippen LogP contribution in [0.1, 0.15) is 38.7 Å². The Kier molecular flexibility index (Phi) is 4.71. The molecule has 0 spiro atoms. The summed E-state index contributed by atoms with van der Waals surface area (Å²) in [6, 6.07) is 4.78. The molecule has 0 N–H and O–H groups in total. The summed E-state index contributed by atoms with van der Waals surface area (Å²) in [5.41, 5.74) is 1.02. The molecule has 3 heteroatoms. The highest BCUT2D eigenvalue weighted by Crippen LogP contribution is 2.25. The lowest BCUT2D eigenvalue weighted by Crippen LogP contribution is -2.09. The van der Waals surface area contributed by atoms with Crippen LogP contribution in [-0.2, 0) is 0 Å². The van der Waals surface area contributed by atoms with Gasteiger partial charge in [0.15, 0.2) is 11.6 Å². The fourth-order valence-corrected chi connectivity index (χ4v) is 1.38. The zero-order valence-corrected chi connectivity index (χ0v) is 9.97. The van der Waals surface area contributed by atoms with Crippen molar-refractivity contribution in [3.63, 3.8) is 0 Å². The summed E-state index contributed by atoms with van der Waals surface area (Å²) >= 11 is 0. The molecule has 0 aliphatic carbocycles. The van der Waals surface area contributed by atoms with Gasteiger partial charge in [-0.25, -0.2) is 8.78 Å². The third-order valence-corrected chi connectivity index (χ3v) is 2.61. The molecular formula is C13H18F2O. The number of hydrogen-bond acceptors (Lipinski definition) is 1. The predicted octanol–water partition coefficient (Wildman–Crippen LogP) is 4.08. The Morgan fingerprint density at radius 2 is 2.00 bits per heavy atom. The van der Waals surface area contributed by atoms with Gasteiger partial charge in [0.25, 0.3) is 0 Å². The van der Waals surface area contributed by atoms with E-state index in [1.165, 1.54) is 13.0 Å². The number of benzene rings is 1. The van der Waals surface area contributed by atoms with E-state index in [2.05, 4.69) is 13.8 Å². The lowest BCUT2D eigenvalue weighted by atomic mass is 9.98. The first kappa shape index (κ1) is 12.9. The maximum Gasteiger partial charge on any atom is 0.165 e. The van der Waals surface area contributed by atoms with Gasteiger partial charge in [0, 0.05) is 0 Å². The van der Waals surface area contributed by atoms with Gasteiger partial charge in [0.1, 0.15) is 12.8 Å². The average molecular weight is 228 g/mol. The number of halogens is 2. The molecule has 0 aliphatic heterocycles. The monoisotopic (exact) mass is 228 g/mol. The van der Waals surface area contributed by atoms with Gasteiger partial charge in [0.05, 0.1) is 0 Å². The van der Waals surface area contributed by atoms with E-state index in [0.717, 1.165) is 12.0 Å². The average Bonchev–Trinajstić information content (AvgIpc) is 2.26. The summed E-state index contributed by atoms with van der Waals surface area (Å²) in [5, 5.41) is 0. The Morgan fingerprint density at radius 3 is 2.56 bits per heavy atom. The highest BCUT2D eigenvalue weighted by molar-refractivity contribution is 5.32. The van der Waals surface area contributed by atoms with Gasteiger partial charge < -0.3 is 4.74 Å². The second-order valence-corrected chi connectivity index (χ2v) is 4.09. The minimum absolute atomic E-state index is 0.110. The van der Waals surface area contributed by atoms with Gasteiger partial charge >= 0.3 is 0 Å². The van der Waals surface area contributed by atoms with Crippen LogP contribution in [0.25, 0.3) is 0 Å². The van der Waals surface area contributed by atoms with Crippen molar-refractivity contribution < 1.29 is 13.5 Å². The van der Waals surface area contributed by atoms with Gasteiger partial charge in [0.2, 0.25) is 0 Å². The molecule has 0 radical (unpaired) electrons. The lowest BCUT2D eigenvalue weighted by molar-refractivity contribution is 0.203. The quantitative estimate of drug-likeness (QED) is 0.738. The van der Waals surface area contributed by atoms with Crippen molar-refractivity contribution in [2.45, 2.75) is 39.3 Å². The van der Waals surface area contributed by atoms with Crippen LogP contribution in [0.3, 0.4) is 0 Å². The maximum absolute atomic E-state index is 13.3. The fraction of sp³-hybridized carbons (Fsp3) is 0.538. The Labute approximate surface area is 95.4 Å². The molecule has 1 rings (SSSR count). The molecule has 90 valence electrons. The van der Waals surface area contributed by atoms with Gasteiger partial charge in [-0.3, -0.25) is 0 Å². The lowest BCUT2D eigenvalue weighted by Gasteiger charge is -2.13. The van der Waals surface area contributed by atoms with Crippen molar-refractivity contribution in [3.05, 3.63) is 29.6 Å². The van der Waals surface area contributed by atoms with Gasteiger partial charge in [-0.15, -0.1) is 0 Å². The smallest absolute Gasteiger partial charge is 0.165 e. The van der Waals surface area contributed by atoms with E-state index in [4.69, 9.17) is 4.74 Å². The van der Waals surface area contributed by atoms with Crippen LogP contribution in [0.15, 0.2) is 18.2 Å². The minimum atomic E-state index is -1.09. The molecule has 0 fully saturated rings. The normalized spacial score (nSPS) is 14.6. The molecule has 0 amide bonds. The van der Waals surface area contributed by atoms with Crippen molar-refractivity contribution in [1.29, 1.82) is 0 Å². The van der Waals surface area contributed by atoms with Crippen molar-refractivity contribution >= 4 is 0 Å². The molecule has 2 unspecified atom stereocenters. The summed E-state index contributed by atoms with van der Waals surface area (Å²) in [6.45, 7) is 5.41. The molecule has 0 aromatic heterocycles. The van der Waals surface area contributed by atoms with Gasteiger partial charge in [-0.2, -0.15) is 0 Å². The topological polar surface area (TPSA) is 9.23 Å². The van der Waals surface area contributed by atoms with E-state index in [9.17, 15) is 8.78 Å². The van der Waals surface area contributed by atoms with E-state index in [1.807, 2.05) is 0 Å². The van der Waals surface area contributed by atoms with Crippen LogP contribution in [-0.4, -0.2) is 12.8 Å². The molecule has 16 heavy (non-hydrogen) atoms. The van der Waals surface area contributed by atoms with E-state index in [1.54, 1.807) is 12.1 Å². The van der Waals surface area contributed by atoms with Crippen LogP contribution < -0.4 is 4.74 Å². The molecule has 0 saturated heterocycles. The fourth-order valence-electron chi connectivity index (χ4n) is 1.38. The molecule has 1 aromatic rings. The van der Waals surface area contributed by atoms with Crippen LogP contribution >= 0.6 is 0 Å². The molecule has 2 atom stereocenters. The Hall–Kier alpha value is -1.12. The first-order valence-corrected chi connectivity index (χ1v) is 5.61. The predicted molar refractivity (Wildman–Crippen MR) is 61.2 cm³/mol. The SMILES string of the molecule is CCC(C)c1ccc(F)c(OCC(C)F)c1. The Bertz CT molecular complexity index is 337. The number of alkyl halides is 1. The largest absolute Gasteiger partial charge is 0.487 e. The zero-order valence-electron chi connectivity index (χ0n) is 9.97. The van der Waals surface area contributed by atoms with E-state index in [-0.39, 0.29) is 12.4 Å². The standard InChI is InChI=1S/C13H18F2O/c1-4-9(2)11-5-6-12(15)13(7-11)16-8-10(3)14/h5-7,9-10H,4,8H2,1-3H3. The maximum atomic E-state index is 13.3.